The summed E-state index contributed by atoms with van der Waals surface area (Å²) in [6.45, 7) is 0.299. The Labute approximate surface area is 165 Å². The highest BCUT2D eigenvalue weighted by Gasteiger charge is 2.13. The van der Waals surface area contributed by atoms with Crippen LogP contribution in [0.3, 0.4) is 0 Å². The molecule has 0 radical (unpaired) electrons. The number of nitrogens with zero attached hydrogens (tertiary/aromatic N) is 1. The van der Waals surface area contributed by atoms with E-state index >= 15 is 0 Å². The van der Waals surface area contributed by atoms with E-state index in [1.54, 1.807) is 18.3 Å². The minimum absolute atomic E-state index is 0.210. The first-order valence-electron chi connectivity index (χ1n) is 7.61. The molecule has 0 spiro atoms. The first-order valence-corrected chi connectivity index (χ1v) is 8.78. The highest BCUT2D eigenvalue weighted by molar-refractivity contribution is 9.10. The van der Waals surface area contributed by atoms with Crippen molar-refractivity contribution in [2.45, 2.75) is 6.54 Å². The Morgan fingerprint density at radius 1 is 1.31 bits per heavy atom. The van der Waals surface area contributed by atoms with Crippen LogP contribution >= 0.6 is 27.5 Å². The Bertz CT molecular complexity index is 799. The molecule has 0 bridgehead atoms. The van der Waals surface area contributed by atoms with Gasteiger partial charge in [-0.05, 0) is 45.3 Å². The summed E-state index contributed by atoms with van der Waals surface area (Å²) in [5.74, 6) is 0.406. The van der Waals surface area contributed by atoms with E-state index in [1.165, 1.54) is 14.2 Å². The smallest absolute Gasteiger partial charge is 0.343 e. The molecule has 0 saturated carbocycles. The first kappa shape index (κ1) is 20.1. The minimum atomic E-state index is -0.478. The number of carbonyl (C=O) groups excluding carboxylic acids is 1. The summed E-state index contributed by atoms with van der Waals surface area (Å²) < 4.78 is 16.0. The predicted octanol–water partition coefficient (Wildman–Crippen LogP) is 3.79. The number of hydrazone groups is 1. The van der Waals surface area contributed by atoms with Gasteiger partial charge in [-0.3, -0.25) is 0 Å². The van der Waals surface area contributed by atoms with Gasteiger partial charge in [0.15, 0.2) is 18.1 Å². The molecule has 6 nitrogen and oxygen atoms in total. The second-order valence-electron chi connectivity index (χ2n) is 5.08. The Morgan fingerprint density at radius 2 is 2.08 bits per heavy atom. The lowest BCUT2D eigenvalue weighted by Crippen LogP contribution is -2.13. The molecule has 26 heavy (non-hydrogen) atoms. The van der Waals surface area contributed by atoms with Crippen LogP contribution in [0.15, 0.2) is 46.0 Å². The maximum atomic E-state index is 11.2. The summed E-state index contributed by atoms with van der Waals surface area (Å²) in [5, 5.41) is 4.87. The number of halogens is 2. The molecule has 1 N–H and O–H groups in total. The quantitative estimate of drug-likeness (QED) is 0.383. The van der Waals surface area contributed by atoms with E-state index in [9.17, 15) is 4.79 Å². The Kier molecular flexibility index (Phi) is 7.74. The standard InChI is InChI=1S/C18H18BrClN2O4/c1-24-16-8-12(7-14(19)18(16)26-11-17(23)25-2)9-21-22-10-13-5-3-4-6-15(13)20/h3-9,22H,10-11H2,1-2H3/b21-9-. The lowest BCUT2D eigenvalue weighted by molar-refractivity contribution is -0.142. The third-order valence-electron chi connectivity index (χ3n) is 3.35. The molecule has 8 heteroatoms. The van der Waals surface area contributed by atoms with Crippen molar-refractivity contribution in [3.05, 3.63) is 57.0 Å². The molecule has 0 aromatic heterocycles. The van der Waals surface area contributed by atoms with Gasteiger partial charge < -0.3 is 19.6 Å². The molecule has 0 amide bonds. The van der Waals surface area contributed by atoms with E-state index in [0.717, 1.165) is 11.1 Å². The molecule has 0 aliphatic heterocycles. The fourth-order valence-corrected chi connectivity index (χ4v) is 2.81. The van der Waals surface area contributed by atoms with E-state index < -0.39 is 5.97 Å². The van der Waals surface area contributed by atoms with Gasteiger partial charge in [-0.25, -0.2) is 4.79 Å². The summed E-state index contributed by atoms with van der Waals surface area (Å²) in [6.07, 6.45) is 1.65. The van der Waals surface area contributed by atoms with Crippen molar-refractivity contribution in [2.75, 3.05) is 20.8 Å². The molecular formula is C18H18BrClN2O4. The largest absolute Gasteiger partial charge is 0.493 e. The minimum Gasteiger partial charge on any atom is -0.493 e. The number of carbonyl (C=O) groups is 1. The van der Waals surface area contributed by atoms with Crippen molar-refractivity contribution in [3.8, 4) is 11.5 Å². The first-order chi connectivity index (χ1) is 12.5. The molecule has 0 atom stereocenters. The van der Waals surface area contributed by atoms with Crippen LogP contribution in [0.4, 0.5) is 0 Å². The van der Waals surface area contributed by atoms with Gasteiger partial charge in [0.05, 0.1) is 31.5 Å². The molecule has 0 heterocycles. The number of hydrogen-bond acceptors (Lipinski definition) is 6. The predicted molar refractivity (Wildman–Crippen MR) is 104 cm³/mol. The zero-order valence-electron chi connectivity index (χ0n) is 14.3. The molecule has 2 rings (SSSR count). The van der Waals surface area contributed by atoms with Gasteiger partial charge in [0, 0.05) is 5.02 Å². The van der Waals surface area contributed by atoms with Crippen LogP contribution in [0, 0.1) is 0 Å². The Hall–Kier alpha value is -2.25. The fraction of sp³-hybridized carbons (Fsp3) is 0.222. The second-order valence-corrected chi connectivity index (χ2v) is 6.34. The van der Waals surface area contributed by atoms with Gasteiger partial charge in [0.1, 0.15) is 0 Å². The van der Waals surface area contributed by atoms with E-state index in [-0.39, 0.29) is 6.61 Å². The number of rotatable bonds is 8. The van der Waals surface area contributed by atoms with Crippen molar-refractivity contribution >= 4 is 39.7 Å². The SMILES string of the molecule is COC(=O)COc1c(Br)cc(/C=N\NCc2ccccc2Cl)cc1OC. The van der Waals surface area contributed by atoms with Crippen LogP contribution < -0.4 is 14.9 Å². The van der Waals surface area contributed by atoms with E-state index in [2.05, 4.69) is 31.2 Å². The van der Waals surface area contributed by atoms with Gasteiger partial charge in [-0.15, -0.1) is 0 Å². The van der Waals surface area contributed by atoms with Crippen molar-refractivity contribution in [1.82, 2.24) is 5.43 Å². The van der Waals surface area contributed by atoms with E-state index in [4.69, 9.17) is 21.1 Å². The number of ether oxygens (including phenoxy) is 3. The van der Waals surface area contributed by atoms with Gasteiger partial charge in [0.25, 0.3) is 0 Å². The lowest BCUT2D eigenvalue weighted by atomic mass is 10.2. The molecule has 138 valence electrons. The summed E-state index contributed by atoms with van der Waals surface area (Å²) in [6, 6.07) is 11.1. The molecule has 0 unspecified atom stereocenters. The third-order valence-corrected chi connectivity index (χ3v) is 4.30. The summed E-state index contributed by atoms with van der Waals surface area (Å²) in [4.78, 5) is 11.2. The highest BCUT2D eigenvalue weighted by Crippen LogP contribution is 2.36. The topological polar surface area (TPSA) is 69.2 Å². The number of methoxy groups -OCH3 is 2. The number of esters is 1. The molecule has 0 aliphatic carbocycles. The molecule has 0 saturated heterocycles. The normalized spacial score (nSPS) is 10.6. The monoisotopic (exact) mass is 440 g/mol. The van der Waals surface area contributed by atoms with E-state index in [0.29, 0.717) is 27.5 Å². The maximum absolute atomic E-state index is 11.2. The number of benzene rings is 2. The van der Waals surface area contributed by atoms with Crippen LogP contribution in [0.5, 0.6) is 11.5 Å². The van der Waals surface area contributed by atoms with Gasteiger partial charge in [-0.2, -0.15) is 5.10 Å². The third kappa shape index (κ3) is 5.64. The second kappa shape index (κ2) is 10.0. The van der Waals surface area contributed by atoms with Crippen LogP contribution in [-0.2, 0) is 16.1 Å². The molecule has 2 aromatic rings. The average molecular weight is 442 g/mol. The highest BCUT2D eigenvalue weighted by atomic mass is 79.9. The van der Waals surface area contributed by atoms with Crippen LogP contribution in [0.1, 0.15) is 11.1 Å². The molecular weight excluding hydrogens is 424 g/mol. The van der Waals surface area contributed by atoms with Crippen LogP contribution in [0.25, 0.3) is 0 Å². The maximum Gasteiger partial charge on any atom is 0.343 e. The van der Waals surface area contributed by atoms with Gasteiger partial charge >= 0.3 is 5.97 Å². The molecule has 2 aromatic carbocycles. The van der Waals surface area contributed by atoms with Crippen molar-refractivity contribution in [2.24, 2.45) is 5.10 Å². The Balaban J connectivity index is 2.04. The fourth-order valence-electron chi connectivity index (χ4n) is 2.04. The Morgan fingerprint density at radius 3 is 2.77 bits per heavy atom. The zero-order chi connectivity index (χ0) is 18.9. The molecule has 0 aliphatic rings. The van der Waals surface area contributed by atoms with Crippen molar-refractivity contribution in [3.63, 3.8) is 0 Å². The summed E-state index contributed by atoms with van der Waals surface area (Å²) >= 11 is 9.51. The number of hydrogen-bond donors (Lipinski definition) is 1. The average Bonchev–Trinajstić information content (AvgIpc) is 2.64. The summed E-state index contributed by atoms with van der Waals surface area (Å²) in [5.41, 5.74) is 4.69. The van der Waals surface area contributed by atoms with E-state index in [1.807, 2.05) is 24.3 Å². The molecule has 0 fully saturated rings. The van der Waals surface area contributed by atoms with Gasteiger partial charge in [-0.1, -0.05) is 29.8 Å². The van der Waals surface area contributed by atoms with Crippen molar-refractivity contribution in [1.29, 1.82) is 0 Å². The summed E-state index contributed by atoms with van der Waals surface area (Å²) in [7, 11) is 2.82. The number of nitrogens with one attached hydrogen (secondary N) is 1. The van der Waals surface area contributed by atoms with Crippen LogP contribution in [-0.4, -0.2) is 33.0 Å². The zero-order valence-corrected chi connectivity index (χ0v) is 16.6. The van der Waals surface area contributed by atoms with Crippen molar-refractivity contribution < 1.29 is 19.0 Å². The van der Waals surface area contributed by atoms with Gasteiger partial charge in [0.2, 0.25) is 0 Å². The lowest BCUT2D eigenvalue weighted by Gasteiger charge is -2.12. The van der Waals surface area contributed by atoms with Crippen LogP contribution in [0.2, 0.25) is 5.02 Å².